The minimum Gasteiger partial charge on any atom is -0.383 e. The number of ether oxygens (including phenoxy) is 1. The summed E-state index contributed by atoms with van der Waals surface area (Å²) in [6.07, 6.45) is 1.74. The molecule has 0 fully saturated rings. The smallest absolute Gasteiger partial charge is 0.245 e. The molecule has 1 aromatic rings. The Balaban J connectivity index is 2.97. The first-order valence-electron chi connectivity index (χ1n) is 4.03. The molecule has 14 heavy (non-hydrogen) atoms. The van der Waals surface area contributed by atoms with Crippen molar-refractivity contribution < 1.29 is 9.53 Å². The predicted octanol–water partition coefficient (Wildman–Crippen LogP) is 1.30. The summed E-state index contributed by atoms with van der Waals surface area (Å²) < 4.78 is 7.34. The molecule has 0 atom stereocenters. The standard InChI is InChI=1S/C8H11ClN2O2S/c1-6(12)10-8-11(3-4-13-2)5-7(9)14-8/h5H,3-4H2,1-2H3/b10-8-. The maximum absolute atomic E-state index is 10.8. The normalized spacial score (nSPS) is 12.1. The molecule has 0 unspecified atom stereocenters. The molecule has 1 amide bonds. The van der Waals surface area contributed by atoms with Crippen molar-refractivity contribution in [2.24, 2.45) is 4.99 Å². The van der Waals surface area contributed by atoms with Crippen LogP contribution in [0.15, 0.2) is 11.2 Å². The molecule has 0 aliphatic carbocycles. The molecule has 0 bridgehead atoms. The van der Waals surface area contributed by atoms with Crippen LogP contribution in [-0.4, -0.2) is 24.2 Å². The maximum Gasteiger partial charge on any atom is 0.245 e. The molecule has 0 spiro atoms. The van der Waals surface area contributed by atoms with E-state index in [1.165, 1.54) is 18.3 Å². The van der Waals surface area contributed by atoms with Gasteiger partial charge in [0.05, 0.1) is 6.61 Å². The van der Waals surface area contributed by atoms with E-state index in [1.54, 1.807) is 17.9 Å². The monoisotopic (exact) mass is 234 g/mol. The Bertz CT molecular complexity index is 383. The van der Waals surface area contributed by atoms with Gasteiger partial charge in [-0.15, -0.1) is 0 Å². The van der Waals surface area contributed by atoms with Crippen LogP contribution >= 0.6 is 22.9 Å². The van der Waals surface area contributed by atoms with Gasteiger partial charge in [-0.2, -0.15) is 4.99 Å². The average Bonchev–Trinajstić information content (AvgIpc) is 2.41. The van der Waals surface area contributed by atoms with Crippen molar-refractivity contribution in [3.05, 3.63) is 15.3 Å². The topological polar surface area (TPSA) is 43.6 Å². The maximum atomic E-state index is 10.8. The Morgan fingerprint density at radius 1 is 1.79 bits per heavy atom. The minimum atomic E-state index is -0.227. The Labute approximate surface area is 90.8 Å². The van der Waals surface area contributed by atoms with Crippen LogP contribution in [0.1, 0.15) is 6.92 Å². The summed E-state index contributed by atoms with van der Waals surface area (Å²) in [7, 11) is 1.62. The van der Waals surface area contributed by atoms with E-state index in [9.17, 15) is 4.79 Å². The number of carbonyl (C=O) groups excluding carboxylic acids is 1. The molecule has 0 aliphatic rings. The van der Waals surface area contributed by atoms with Crippen molar-refractivity contribution in [3.8, 4) is 0 Å². The van der Waals surface area contributed by atoms with Gasteiger partial charge in [0.2, 0.25) is 5.91 Å². The van der Waals surface area contributed by atoms with Crippen molar-refractivity contribution in [2.75, 3.05) is 13.7 Å². The zero-order valence-electron chi connectivity index (χ0n) is 7.99. The fourth-order valence-electron chi connectivity index (χ4n) is 0.921. The first-order valence-corrected chi connectivity index (χ1v) is 5.23. The molecule has 1 heterocycles. The van der Waals surface area contributed by atoms with Gasteiger partial charge in [-0.05, 0) is 0 Å². The van der Waals surface area contributed by atoms with Crippen molar-refractivity contribution in [2.45, 2.75) is 13.5 Å². The van der Waals surface area contributed by atoms with Gasteiger partial charge in [-0.3, -0.25) is 4.79 Å². The van der Waals surface area contributed by atoms with Gasteiger partial charge < -0.3 is 9.30 Å². The van der Waals surface area contributed by atoms with Gasteiger partial charge in [-0.25, -0.2) is 0 Å². The molecule has 0 aliphatic heterocycles. The lowest BCUT2D eigenvalue weighted by molar-refractivity contribution is -0.116. The Morgan fingerprint density at radius 3 is 3.07 bits per heavy atom. The van der Waals surface area contributed by atoms with E-state index in [0.29, 0.717) is 22.3 Å². The van der Waals surface area contributed by atoms with E-state index in [4.69, 9.17) is 16.3 Å². The van der Waals surface area contributed by atoms with Crippen LogP contribution in [-0.2, 0) is 16.1 Å². The van der Waals surface area contributed by atoms with Crippen LogP contribution < -0.4 is 4.80 Å². The Kier molecular flexibility index (Phi) is 4.31. The van der Waals surface area contributed by atoms with E-state index in [2.05, 4.69) is 4.99 Å². The van der Waals surface area contributed by atoms with Gasteiger partial charge in [0, 0.05) is 26.8 Å². The highest BCUT2D eigenvalue weighted by Gasteiger charge is 2.00. The Morgan fingerprint density at radius 2 is 2.50 bits per heavy atom. The molecule has 4 nitrogen and oxygen atoms in total. The minimum absolute atomic E-state index is 0.227. The summed E-state index contributed by atoms with van der Waals surface area (Å²) in [4.78, 5) is 15.2. The third-order valence-electron chi connectivity index (χ3n) is 1.48. The number of halogens is 1. The molecule has 0 radical (unpaired) electrons. The Hall–Kier alpha value is -0.650. The summed E-state index contributed by atoms with van der Waals surface area (Å²) in [5.41, 5.74) is 0. The van der Waals surface area contributed by atoms with Crippen molar-refractivity contribution in [3.63, 3.8) is 0 Å². The number of thiazole rings is 1. The second-order valence-corrected chi connectivity index (χ2v) is 4.28. The summed E-state index contributed by atoms with van der Waals surface area (Å²) in [6, 6.07) is 0. The lowest BCUT2D eigenvalue weighted by Gasteiger charge is -1.99. The van der Waals surface area contributed by atoms with E-state index in [1.807, 2.05) is 0 Å². The number of carbonyl (C=O) groups is 1. The van der Waals surface area contributed by atoms with Crippen LogP contribution in [0.4, 0.5) is 0 Å². The number of rotatable bonds is 3. The lowest BCUT2D eigenvalue weighted by atomic mass is 10.6. The number of methoxy groups -OCH3 is 1. The van der Waals surface area contributed by atoms with Gasteiger partial charge in [0.25, 0.3) is 0 Å². The van der Waals surface area contributed by atoms with Crippen LogP contribution in [0.5, 0.6) is 0 Å². The highest BCUT2D eigenvalue weighted by Crippen LogP contribution is 2.10. The largest absolute Gasteiger partial charge is 0.383 e. The highest BCUT2D eigenvalue weighted by molar-refractivity contribution is 7.13. The third-order valence-corrected chi connectivity index (χ3v) is 2.62. The molecule has 78 valence electrons. The predicted molar refractivity (Wildman–Crippen MR) is 55.4 cm³/mol. The number of amides is 1. The van der Waals surface area contributed by atoms with Gasteiger partial charge in [0.1, 0.15) is 4.34 Å². The van der Waals surface area contributed by atoms with Gasteiger partial charge in [-0.1, -0.05) is 22.9 Å². The summed E-state index contributed by atoms with van der Waals surface area (Å²) in [5.74, 6) is -0.227. The highest BCUT2D eigenvalue weighted by atomic mass is 35.5. The van der Waals surface area contributed by atoms with E-state index < -0.39 is 0 Å². The first-order chi connectivity index (χ1) is 6.63. The van der Waals surface area contributed by atoms with Crippen LogP contribution in [0.2, 0.25) is 4.34 Å². The summed E-state index contributed by atoms with van der Waals surface area (Å²) in [6.45, 7) is 2.62. The fraction of sp³-hybridized carbons (Fsp3) is 0.500. The van der Waals surface area contributed by atoms with Gasteiger partial charge in [0.15, 0.2) is 4.80 Å². The van der Waals surface area contributed by atoms with Crippen LogP contribution in [0.25, 0.3) is 0 Å². The first kappa shape index (κ1) is 11.4. The summed E-state index contributed by atoms with van der Waals surface area (Å²) in [5, 5.41) is 0. The molecule has 1 rings (SSSR count). The molecule has 0 saturated heterocycles. The number of hydrogen-bond acceptors (Lipinski definition) is 3. The average molecular weight is 235 g/mol. The quantitative estimate of drug-likeness (QED) is 0.791. The zero-order valence-corrected chi connectivity index (χ0v) is 9.56. The zero-order chi connectivity index (χ0) is 10.6. The second kappa shape index (κ2) is 5.29. The summed E-state index contributed by atoms with van der Waals surface area (Å²) >= 11 is 7.09. The fourth-order valence-corrected chi connectivity index (χ4v) is 2.04. The van der Waals surface area contributed by atoms with Crippen LogP contribution in [0.3, 0.4) is 0 Å². The molecule has 0 N–H and O–H groups in total. The van der Waals surface area contributed by atoms with Crippen LogP contribution in [0, 0.1) is 0 Å². The van der Waals surface area contributed by atoms with E-state index >= 15 is 0 Å². The molecule has 0 saturated carbocycles. The number of aromatic nitrogens is 1. The van der Waals surface area contributed by atoms with Crippen molar-refractivity contribution in [1.82, 2.24) is 4.57 Å². The molecule has 6 heteroatoms. The third kappa shape index (κ3) is 3.25. The van der Waals surface area contributed by atoms with E-state index in [-0.39, 0.29) is 5.91 Å². The van der Waals surface area contributed by atoms with E-state index in [0.717, 1.165) is 0 Å². The lowest BCUT2D eigenvalue weighted by Crippen LogP contribution is -2.17. The molecular formula is C8H11ClN2O2S. The van der Waals surface area contributed by atoms with Crippen molar-refractivity contribution in [1.29, 1.82) is 0 Å². The number of hydrogen-bond donors (Lipinski definition) is 0. The molecular weight excluding hydrogens is 224 g/mol. The number of nitrogens with zero attached hydrogens (tertiary/aromatic N) is 2. The molecule has 1 aromatic heterocycles. The SMILES string of the molecule is COCCn1cc(Cl)s/c1=N\C(C)=O. The van der Waals surface area contributed by atoms with Gasteiger partial charge >= 0.3 is 0 Å². The molecule has 0 aromatic carbocycles. The second-order valence-electron chi connectivity index (χ2n) is 2.63. The van der Waals surface area contributed by atoms with Crippen molar-refractivity contribution >= 4 is 28.8 Å².